The molecule has 3 heterocycles. The van der Waals surface area contributed by atoms with E-state index in [1.54, 1.807) is 25.5 Å². The molecule has 0 aliphatic carbocycles. The summed E-state index contributed by atoms with van der Waals surface area (Å²) >= 11 is 0. The van der Waals surface area contributed by atoms with Crippen molar-refractivity contribution in [2.45, 2.75) is 18.0 Å². The van der Waals surface area contributed by atoms with Crippen LogP contribution in [-0.2, 0) is 23.1 Å². The molecule has 0 aromatic carbocycles. The van der Waals surface area contributed by atoms with Gasteiger partial charge in [0.05, 0.1) is 6.54 Å². The summed E-state index contributed by atoms with van der Waals surface area (Å²) in [7, 11) is -1.82. The van der Waals surface area contributed by atoms with E-state index in [2.05, 4.69) is 20.5 Å². The van der Waals surface area contributed by atoms with Gasteiger partial charge in [0.15, 0.2) is 0 Å². The fraction of sp³-hybridized carbons (Fsp3) is 0.364. The van der Waals surface area contributed by atoms with Gasteiger partial charge in [-0.15, -0.1) is 10.2 Å². The van der Waals surface area contributed by atoms with Crippen molar-refractivity contribution in [3.63, 3.8) is 0 Å². The molecule has 1 aliphatic heterocycles. The second kappa shape index (κ2) is 4.84. The standard InChI is InChI=1S/C11H14N6O2S/c1-12-10-3-2-9(6-13-10)20(18,19)17-5-4-16-8-14-15-11(16)7-17/h2-3,6,8H,4-5,7H2,1H3,(H,12,13). The zero-order valence-electron chi connectivity index (χ0n) is 10.9. The van der Waals surface area contributed by atoms with Crippen molar-refractivity contribution in [3.8, 4) is 0 Å². The molecule has 1 N–H and O–H groups in total. The number of anilines is 1. The highest BCUT2D eigenvalue weighted by molar-refractivity contribution is 7.89. The molecule has 0 unspecified atom stereocenters. The SMILES string of the molecule is CNc1ccc(S(=O)(=O)N2CCn3cnnc3C2)cn1. The second-order valence-electron chi connectivity index (χ2n) is 4.41. The molecule has 0 saturated heterocycles. The van der Waals surface area contributed by atoms with Crippen LogP contribution in [0.2, 0.25) is 0 Å². The van der Waals surface area contributed by atoms with Gasteiger partial charge in [0, 0.05) is 26.3 Å². The van der Waals surface area contributed by atoms with E-state index in [1.165, 1.54) is 10.5 Å². The third-order valence-electron chi connectivity index (χ3n) is 3.23. The van der Waals surface area contributed by atoms with Crippen LogP contribution in [0, 0.1) is 0 Å². The highest BCUT2D eigenvalue weighted by atomic mass is 32.2. The molecule has 0 fully saturated rings. The number of sulfonamides is 1. The van der Waals surface area contributed by atoms with Gasteiger partial charge in [-0.2, -0.15) is 4.31 Å². The van der Waals surface area contributed by atoms with Crippen molar-refractivity contribution in [3.05, 3.63) is 30.5 Å². The first-order valence-corrected chi connectivity index (χ1v) is 7.56. The molecule has 3 rings (SSSR count). The zero-order chi connectivity index (χ0) is 14.2. The van der Waals surface area contributed by atoms with Gasteiger partial charge in [0.25, 0.3) is 0 Å². The first kappa shape index (κ1) is 13.0. The Morgan fingerprint density at radius 2 is 2.15 bits per heavy atom. The molecule has 2 aromatic heterocycles. The number of nitrogens with zero attached hydrogens (tertiary/aromatic N) is 5. The number of pyridine rings is 1. The van der Waals surface area contributed by atoms with Crippen LogP contribution >= 0.6 is 0 Å². The number of nitrogens with one attached hydrogen (secondary N) is 1. The molecule has 0 spiro atoms. The fourth-order valence-corrected chi connectivity index (χ4v) is 3.41. The first-order valence-electron chi connectivity index (χ1n) is 6.12. The van der Waals surface area contributed by atoms with Gasteiger partial charge in [-0.05, 0) is 12.1 Å². The van der Waals surface area contributed by atoms with Crippen LogP contribution in [0.15, 0.2) is 29.6 Å². The monoisotopic (exact) mass is 294 g/mol. The molecule has 20 heavy (non-hydrogen) atoms. The topological polar surface area (TPSA) is 93.0 Å². The average Bonchev–Trinajstić information content (AvgIpc) is 2.94. The molecule has 0 atom stereocenters. The van der Waals surface area contributed by atoms with E-state index in [9.17, 15) is 8.42 Å². The number of fused-ring (bicyclic) bond motifs is 1. The van der Waals surface area contributed by atoms with Crippen LogP contribution < -0.4 is 5.32 Å². The summed E-state index contributed by atoms with van der Waals surface area (Å²) in [5.41, 5.74) is 0. The smallest absolute Gasteiger partial charge is 0.245 e. The normalized spacial score (nSPS) is 15.8. The third kappa shape index (κ3) is 2.14. The Kier molecular flexibility index (Phi) is 3.14. The minimum Gasteiger partial charge on any atom is -0.373 e. The molecule has 8 nitrogen and oxygen atoms in total. The number of hydrogen-bond acceptors (Lipinski definition) is 6. The number of rotatable bonds is 3. The Balaban J connectivity index is 1.88. The predicted octanol–water partition coefficient (Wildman–Crippen LogP) is -0.0807. The Hall–Kier alpha value is -2.00. The van der Waals surface area contributed by atoms with Gasteiger partial charge in [0.1, 0.15) is 22.9 Å². The summed E-state index contributed by atoms with van der Waals surface area (Å²) in [5.74, 6) is 1.28. The van der Waals surface area contributed by atoms with Gasteiger partial charge >= 0.3 is 0 Å². The van der Waals surface area contributed by atoms with Gasteiger partial charge in [-0.25, -0.2) is 13.4 Å². The first-order chi connectivity index (χ1) is 9.61. The minimum atomic E-state index is -3.55. The highest BCUT2D eigenvalue weighted by Crippen LogP contribution is 2.20. The van der Waals surface area contributed by atoms with Crippen molar-refractivity contribution in [2.75, 3.05) is 18.9 Å². The molecule has 0 saturated carbocycles. The van der Waals surface area contributed by atoms with Gasteiger partial charge in [-0.3, -0.25) is 0 Å². The molecule has 0 bridgehead atoms. The third-order valence-corrected chi connectivity index (χ3v) is 5.06. The lowest BCUT2D eigenvalue weighted by molar-refractivity contribution is 0.335. The van der Waals surface area contributed by atoms with E-state index < -0.39 is 10.0 Å². The average molecular weight is 294 g/mol. The van der Waals surface area contributed by atoms with Crippen LogP contribution in [0.3, 0.4) is 0 Å². The van der Waals surface area contributed by atoms with Crippen LogP contribution in [0.4, 0.5) is 5.82 Å². The maximum atomic E-state index is 12.5. The maximum Gasteiger partial charge on any atom is 0.245 e. The molecular formula is C11H14N6O2S. The van der Waals surface area contributed by atoms with Gasteiger partial charge < -0.3 is 9.88 Å². The Morgan fingerprint density at radius 1 is 1.30 bits per heavy atom. The zero-order valence-corrected chi connectivity index (χ0v) is 11.7. The van der Waals surface area contributed by atoms with Crippen molar-refractivity contribution in [2.24, 2.45) is 0 Å². The number of hydrogen-bond donors (Lipinski definition) is 1. The van der Waals surface area contributed by atoms with Crippen molar-refractivity contribution < 1.29 is 8.42 Å². The molecule has 2 aromatic rings. The Morgan fingerprint density at radius 3 is 2.85 bits per heavy atom. The molecule has 0 radical (unpaired) electrons. The number of aromatic nitrogens is 4. The minimum absolute atomic E-state index is 0.185. The summed E-state index contributed by atoms with van der Waals surface area (Å²) in [5, 5.41) is 10.6. The summed E-state index contributed by atoms with van der Waals surface area (Å²) in [6.07, 6.45) is 2.98. The summed E-state index contributed by atoms with van der Waals surface area (Å²) in [6, 6.07) is 3.19. The summed E-state index contributed by atoms with van der Waals surface area (Å²) in [4.78, 5) is 4.23. The highest BCUT2D eigenvalue weighted by Gasteiger charge is 2.29. The van der Waals surface area contributed by atoms with E-state index in [0.717, 1.165) is 0 Å². The Labute approximate surface area is 116 Å². The maximum absolute atomic E-state index is 12.5. The van der Waals surface area contributed by atoms with Crippen LogP contribution in [0.1, 0.15) is 5.82 Å². The molecule has 106 valence electrons. The van der Waals surface area contributed by atoms with Gasteiger partial charge in [0.2, 0.25) is 10.0 Å². The van der Waals surface area contributed by atoms with Crippen molar-refractivity contribution in [1.82, 2.24) is 24.1 Å². The molecule has 9 heteroatoms. The summed E-state index contributed by atoms with van der Waals surface area (Å²) < 4.78 is 28.3. The van der Waals surface area contributed by atoms with Crippen molar-refractivity contribution in [1.29, 1.82) is 0 Å². The molecule has 0 amide bonds. The quantitative estimate of drug-likeness (QED) is 0.851. The van der Waals surface area contributed by atoms with E-state index in [1.807, 2.05) is 4.57 Å². The predicted molar refractivity (Wildman–Crippen MR) is 71.4 cm³/mol. The fourth-order valence-electron chi connectivity index (χ4n) is 2.08. The summed E-state index contributed by atoms with van der Waals surface area (Å²) in [6.45, 7) is 1.20. The van der Waals surface area contributed by atoms with E-state index in [0.29, 0.717) is 24.7 Å². The Bertz CT molecular complexity index is 709. The lowest BCUT2D eigenvalue weighted by Gasteiger charge is -2.26. The van der Waals surface area contributed by atoms with Gasteiger partial charge in [-0.1, -0.05) is 0 Å². The molecular weight excluding hydrogens is 280 g/mol. The second-order valence-corrected chi connectivity index (χ2v) is 6.35. The van der Waals surface area contributed by atoms with Crippen LogP contribution in [0.5, 0.6) is 0 Å². The lowest BCUT2D eigenvalue weighted by Crippen LogP contribution is -2.38. The van der Waals surface area contributed by atoms with E-state index >= 15 is 0 Å². The largest absolute Gasteiger partial charge is 0.373 e. The van der Waals surface area contributed by atoms with Crippen LogP contribution in [0.25, 0.3) is 0 Å². The molecule has 1 aliphatic rings. The van der Waals surface area contributed by atoms with E-state index in [-0.39, 0.29) is 11.4 Å². The van der Waals surface area contributed by atoms with Crippen molar-refractivity contribution >= 4 is 15.8 Å². The van der Waals surface area contributed by atoms with E-state index in [4.69, 9.17) is 0 Å². The lowest BCUT2D eigenvalue weighted by atomic mass is 10.4. The van der Waals surface area contributed by atoms with Crippen LogP contribution in [-0.4, -0.2) is 46.1 Å².